The maximum atomic E-state index is 5.99. The summed E-state index contributed by atoms with van der Waals surface area (Å²) < 4.78 is 5.99. The van der Waals surface area contributed by atoms with E-state index in [2.05, 4.69) is 42.5 Å². The van der Waals surface area contributed by atoms with Crippen LogP contribution in [0.15, 0.2) is 78.9 Å². The van der Waals surface area contributed by atoms with Crippen LogP contribution in [0.4, 0.5) is 0 Å². The Labute approximate surface area is 136 Å². The molecule has 3 rings (SSSR count). The van der Waals surface area contributed by atoms with E-state index in [0.29, 0.717) is 12.5 Å². The van der Waals surface area contributed by atoms with E-state index >= 15 is 0 Å². The Hall–Kier alpha value is -2.25. The van der Waals surface area contributed by atoms with E-state index in [-0.39, 0.29) is 0 Å². The molecule has 0 aliphatic heterocycles. The molecule has 0 amide bonds. The zero-order valence-corrected chi connectivity index (χ0v) is 13.0. The quantitative estimate of drug-likeness (QED) is 0.554. The lowest BCUT2D eigenvalue weighted by molar-refractivity contribution is 0.345. The third kappa shape index (κ3) is 3.15. The molecule has 0 fully saturated rings. The molecule has 110 valence electrons. The average molecular weight is 309 g/mol. The van der Waals surface area contributed by atoms with Crippen LogP contribution in [0, 0.1) is 0 Å². The predicted octanol–water partition coefficient (Wildman–Crippen LogP) is 5.64. The van der Waals surface area contributed by atoms with Crippen LogP contribution in [0.25, 0.3) is 22.3 Å². The number of hydrogen-bond donors (Lipinski definition) is 0. The summed E-state index contributed by atoms with van der Waals surface area (Å²) in [5.74, 6) is 1.36. The molecular formula is C20H17ClO. The first-order valence-corrected chi connectivity index (χ1v) is 7.86. The van der Waals surface area contributed by atoms with Crippen LogP contribution in [0.2, 0.25) is 0 Å². The van der Waals surface area contributed by atoms with Crippen LogP contribution < -0.4 is 4.74 Å². The average Bonchev–Trinajstić information content (AvgIpc) is 2.61. The highest BCUT2D eigenvalue weighted by atomic mass is 35.5. The van der Waals surface area contributed by atoms with Gasteiger partial charge in [-0.25, -0.2) is 0 Å². The minimum absolute atomic E-state index is 0.470. The van der Waals surface area contributed by atoms with E-state index in [4.69, 9.17) is 16.3 Å². The summed E-state index contributed by atoms with van der Waals surface area (Å²) in [4.78, 5) is 0. The lowest BCUT2D eigenvalue weighted by atomic mass is 9.97. The van der Waals surface area contributed by atoms with Gasteiger partial charge in [0.25, 0.3) is 0 Å². The molecule has 0 spiro atoms. The number of hydrogen-bond acceptors (Lipinski definition) is 1. The fourth-order valence-electron chi connectivity index (χ4n) is 2.52. The highest BCUT2D eigenvalue weighted by Crippen LogP contribution is 2.38. The van der Waals surface area contributed by atoms with Gasteiger partial charge < -0.3 is 4.74 Å². The van der Waals surface area contributed by atoms with Crippen molar-refractivity contribution in [1.29, 1.82) is 0 Å². The zero-order valence-electron chi connectivity index (χ0n) is 12.2. The summed E-state index contributed by atoms with van der Waals surface area (Å²) in [5.41, 5.74) is 4.47. The van der Waals surface area contributed by atoms with Crippen LogP contribution in [0.3, 0.4) is 0 Å². The number of halogens is 1. The Morgan fingerprint density at radius 3 is 1.59 bits per heavy atom. The van der Waals surface area contributed by atoms with Gasteiger partial charge in [-0.15, -0.1) is 11.6 Å². The first-order chi connectivity index (χ1) is 10.9. The minimum Gasteiger partial charge on any atom is -0.491 e. The van der Waals surface area contributed by atoms with Gasteiger partial charge in [0.1, 0.15) is 12.4 Å². The second kappa shape index (κ2) is 7.15. The van der Waals surface area contributed by atoms with Crippen LogP contribution in [-0.4, -0.2) is 12.5 Å². The molecule has 0 heterocycles. The van der Waals surface area contributed by atoms with Gasteiger partial charge in [-0.05, 0) is 11.1 Å². The molecule has 3 aromatic carbocycles. The Kier molecular flexibility index (Phi) is 4.77. The molecule has 3 aromatic rings. The van der Waals surface area contributed by atoms with Crippen molar-refractivity contribution in [3.8, 4) is 28.0 Å². The summed E-state index contributed by atoms with van der Waals surface area (Å²) >= 11 is 5.82. The molecule has 0 atom stereocenters. The maximum absolute atomic E-state index is 5.99. The smallest absolute Gasteiger partial charge is 0.134 e. The molecule has 2 heteroatoms. The fraction of sp³-hybridized carbons (Fsp3) is 0.100. The SMILES string of the molecule is ClCCOc1c(-c2ccccc2)cccc1-c1ccccc1. The van der Waals surface area contributed by atoms with E-state index in [1.165, 1.54) is 0 Å². The predicted molar refractivity (Wildman–Crippen MR) is 93.5 cm³/mol. The van der Waals surface area contributed by atoms with E-state index in [9.17, 15) is 0 Å². The monoisotopic (exact) mass is 308 g/mol. The van der Waals surface area contributed by atoms with Crippen LogP contribution >= 0.6 is 11.6 Å². The number of benzene rings is 3. The molecule has 0 N–H and O–H groups in total. The first kappa shape index (κ1) is 14.7. The van der Waals surface area contributed by atoms with Crippen LogP contribution in [-0.2, 0) is 0 Å². The van der Waals surface area contributed by atoms with Crippen molar-refractivity contribution < 1.29 is 4.74 Å². The molecule has 1 nitrogen and oxygen atoms in total. The minimum atomic E-state index is 0.470. The van der Waals surface area contributed by atoms with E-state index in [1.807, 2.05) is 36.4 Å². The third-order valence-electron chi connectivity index (χ3n) is 3.51. The lowest BCUT2D eigenvalue weighted by Gasteiger charge is -2.16. The Morgan fingerprint density at radius 1 is 0.636 bits per heavy atom. The molecule has 0 bridgehead atoms. The molecule has 0 saturated carbocycles. The second-order valence-corrected chi connectivity index (χ2v) is 5.33. The molecule has 22 heavy (non-hydrogen) atoms. The molecule has 0 aromatic heterocycles. The van der Waals surface area contributed by atoms with Crippen molar-refractivity contribution in [3.05, 3.63) is 78.9 Å². The van der Waals surface area contributed by atoms with Crippen molar-refractivity contribution in [2.45, 2.75) is 0 Å². The van der Waals surface area contributed by atoms with Gasteiger partial charge in [0.05, 0.1) is 5.88 Å². The van der Waals surface area contributed by atoms with Gasteiger partial charge in [-0.3, -0.25) is 0 Å². The fourth-order valence-corrected chi connectivity index (χ4v) is 2.60. The van der Waals surface area contributed by atoms with Crippen LogP contribution in [0.5, 0.6) is 5.75 Å². The molecule has 0 radical (unpaired) electrons. The van der Waals surface area contributed by atoms with Gasteiger partial charge in [0.2, 0.25) is 0 Å². The number of rotatable bonds is 5. The van der Waals surface area contributed by atoms with E-state index in [1.54, 1.807) is 0 Å². The molecule has 0 saturated heterocycles. The van der Waals surface area contributed by atoms with Crippen molar-refractivity contribution in [3.63, 3.8) is 0 Å². The van der Waals surface area contributed by atoms with Crippen molar-refractivity contribution >= 4 is 11.6 Å². The summed E-state index contributed by atoms with van der Waals surface area (Å²) in [6.45, 7) is 0.491. The van der Waals surface area contributed by atoms with Crippen molar-refractivity contribution in [2.24, 2.45) is 0 Å². The Bertz CT molecular complexity index is 665. The van der Waals surface area contributed by atoms with Gasteiger partial charge in [-0.2, -0.15) is 0 Å². The largest absolute Gasteiger partial charge is 0.491 e. The van der Waals surface area contributed by atoms with Crippen molar-refractivity contribution in [1.82, 2.24) is 0 Å². The number of para-hydroxylation sites is 1. The summed E-state index contributed by atoms with van der Waals surface area (Å²) in [6.07, 6.45) is 0. The lowest BCUT2D eigenvalue weighted by Crippen LogP contribution is -2.01. The highest BCUT2D eigenvalue weighted by molar-refractivity contribution is 6.18. The molecular weight excluding hydrogens is 292 g/mol. The maximum Gasteiger partial charge on any atom is 0.134 e. The summed E-state index contributed by atoms with van der Waals surface area (Å²) in [6, 6.07) is 26.8. The van der Waals surface area contributed by atoms with Gasteiger partial charge in [0.15, 0.2) is 0 Å². The second-order valence-electron chi connectivity index (χ2n) is 4.95. The summed E-state index contributed by atoms with van der Waals surface area (Å²) in [5, 5.41) is 0. The first-order valence-electron chi connectivity index (χ1n) is 7.33. The van der Waals surface area contributed by atoms with E-state index in [0.717, 1.165) is 28.0 Å². The molecule has 0 aliphatic rings. The van der Waals surface area contributed by atoms with Crippen molar-refractivity contribution in [2.75, 3.05) is 12.5 Å². The normalized spacial score (nSPS) is 10.4. The topological polar surface area (TPSA) is 9.23 Å². The van der Waals surface area contributed by atoms with E-state index < -0.39 is 0 Å². The number of ether oxygens (including phenoxy) is 1. The molecule has 0 aliphatic carbocycles. The third-order valence-corrected chi connectivity index (χ3v) is 3.66. The Balaban J connectivity index is 2.14. The standard InChI is InChI=1S/C20H17ClO/c21-14-15-22-20-18(16-8-3-1-4-9-16)12-7-13-19(20)17-10-5-2-6-11-17/h1-13H,14-15H2. The highest BCUT2D eigenvalue weighted by Gasteiger charge is 2.12. The van der Waals surface area contributed by atoms with Gasteiger partial charge >= 0.3 is 0 Å². The van der Waals surface area contributed by atoms with Crippen LogP contribution in [0.1, 0.15) is 0 Å². The Morgan fingerprint density at radius 2 is 1.14 bits per heavy atom. The van der Waals surface area contributed by atoms with Gasteiger partial charge in [-0.1, -0.05) is 78.9 Å². The number of alkyl halides is 1. The van der Waals surface area contributed by atoms with Gasteiger partial charge in [0, 0.05) is 11.1 Å². The zero-order chi connectivity index (χ0) is 15.2. The molecule has 0 unspecified atom stereocenters. The summed E-state index contributed by atoms with van der Waals surface area (Å²) in [7, 11) is 0.